The van der Waals surface area contributed by atoms with Crippen molar-refractivity contribution in [3.8, 4) is 45.3 Å². The standard InChI is InChI=1S/C49H34BNO2/c1-49(2)38-21-12-20-36-42(51(33-16-8-4-9-17-33)34-18-10-5-11-19-34)27-25-35(47(36)38)37-29-46-41(30-39(37)49)50-40-26-24-32(31-14-6-3-7-15-31)28-45(40)52-43-22-13-23-44(53-46)48(43)50/h3-30H,1-2H3. The van der Waals surface area contributed by atoms with Gasteiger partial charge in [-0.25, -0.2) is 0 Å². The second-order valence-corrected chi connectivity index (χ2v) is 14.9. The van der Waals surface area contributed by atoms with Gasteiger partial charge in [0.05, 0.1) is 5.69 Å². The van der Waals surface area contributed by atoms with Crippen molar-refractivity contribution < 1.29 is 9.47 Å². The van der Waals surface area contributed by atoms with Gasteiger partial charge in [0.2, 0.25) is 0 Å². The maximum atomic E-state index is 6.84. The molecule has 3 nitrogen and oxygen atoms in total. The van der Waals surface area contributed by atoms with Gasteiger partial charge < -0.3 is 14.4 Å². The van der Waals surface area contributed by atoms with Gasteiger partial charge in [-0.2, -0.15) is 0 Å². The molecule has 0 spiro atoms. The third kappa shape index (κ3) is 4.42. The lowest BCUT2D eigenvalue weighted by molar-refractivity contribution is 0.464. The minimum Gasteiger partial charge on any atom is -0.458 e. The van der Waals surface area contributed by atoms with E-state index in [0.29, 0.717) is 0 Å². The Bertz CT molecular complexity index is 2720. The van der Waals surface area contributed by atoms with Crippen LogP contribution in [-0.2, 0) is 5.41 Å². The number of hydrogen-bond acceptors (Lipinski definition) is 3. The maximum absolute atomic E-state index is 6.84. The molecule has 4 heteroatoms. The normalized spacial score (nSPS) is 13.9. The first-order valence-corrected chi connectivity index (χ1v) is 18.4. The Kier molecular flexibility index (Phi) is 6.39. The van der Waals surface area contributed by atoms with E-state index in [1.807, 2.05) is 6.07 Å². The fourth-order valence-corrected chi connectivity index (χ4v) is 9.08. The number of anilines is 3. The van der Waals surface area contributed by atoms with Crippen molar-refractivity contribution in [2.24, 2.45) is 0 Å². The highest BCUT2D eigenvalue weighted by molar-refractivity contribution is 6.98. The van der Waals surface area contributed by atoms with Crippen molar-refractivity contribution in [3.63, 3.8) is 0 Å². The number of ether oxygens (including phenoxy) is 2. The molecule has 0 aromatic heterocycles. The zero-order valence-electron chi connectivity index (χ0n) is 29.5. The van der Waals surface area contributed by atoms with Gasteiger partial charge in [-0.3, -0.25) is 0 Å². The van der Waals surface area contributed by atoms with Crippen LogP contribution in [-0.4, -0.2) is 6.71 Å². The molecule has 3 aliphatic rings. The summed E-state index contributed by atoms with van der Waals surface area (Å²) in [4.78, 5) is 2.38. The topological polar surface area (TPSA) is 21.7 Å². The van der Waals surface area contributed by atoms with E-state index in [0.717, 1.165) is 56.5 Å². The molecule has 0 amide bonds. The van der Waals surface area contributed by atoms with Gasteiger partial charge in [0.25, 0.3) is 6.71 Å². The van der Waals surface area contributed by atoms with E-state index in [1.54, 1.807) is 0 Å². The Hall–Kier alpha value is -6.52. The molecule has 250 valence electrons. The van der Waals surface area contributed by atoms with Gasteiger partial charge in [-0.1, -0.05) is 129 Å². The predicted octanol–water partition coefficient (Wildman–Crippen LogP) is 11.0. The van der Waals surface area contributed by atoms with Gasteiger partial charge in [0, 0.05) is 27.6 Å². The molecule has 2 aliphatic heterocycles. The Morgan fingerprint density at radius 2 is 1.11 bits per heavy atom. The van der Waals surface area contributed by atoms with Gasteiger partial charge >= 0.3 is 0 Å². The first-order chi connectivity index (χ1) is 26.0. The summed E-state index contributed by atoms with van der Waals surface area (Å²) >= 11 is 0. The van der Waals surface area contributed by atoms with Crippen molar-refractivity contribution in [1.82, 2.24) is 0 Å². The van der Waals surface area contributed by atoms with Crippen molar-refractivity contribution in [2.45, 2.75) is 19.3 Å². The van der Waals surface area contributed by atoms with E-state index in [1.165, 1.54) is 44.1 Å². The van der Waals surface area contributed by atoms with E-state index in [2.05, 4.69) is 183 Å². The molecular weight excluding hydrogens is 645 g/mol. The van der Waals surface area contributed by atoms with Crippen LogP contribution in [0, 0.1) is 0 Å². The lowest BCUT2D eigenvalue weighted by atomic mass is 9.34. The zero-order valence-corrected chi connectivity index (χ0v) is 29.5. The summed E-state index contributed by atoms with van der Waals surface area (Å²) in [5.41, 5.74) is 14.0. The van der Waals surface area contributed by atoms with E-state index < -0.39 is 0 Å². The van der Waals surface area contributed by atoms with Crippen LogP contribution in [0.25, 0.3) is 33.0 Å². The number of benzene rings is 8. The van der Waals surface area contributed by atoms with Crippen LogP contribution in [0.3, 0.4) is 0 Å². The van der Waals surface area contributed by atoms with Crippen LogP contribution in [0.5, 0.6) is 23.0 Å². The summed E-state index contributed by atoms with van der Waals surface area (Å²) in [6.07, 6.45) is 0. The summed E-state index contributed by atoms with van der Waals surface area (Å²) in [5, 5.41) is 2.52. The van der Waals surface area contributed by atoms with Gasteiger partial charge in [-0.05, 0) is 104 Å². The molecule has 0 bridgehead atoms. The van der Waals surface area contributed by atoms with E-state index in [4.69, 9.17) is 9.47 Å². The lowest BCUT2D eigenvalue weighted by Gasteiger charge is -2.39. The molecule has 11 rings (SSSR count). The van der Waals surface area contributed by atoms with Gasteiger partial charge in [0.1, 0.15) is 23.0 Å². The van der Waals surface area contributed by atoms with Crippen molar-refractivity contribution in [1.29, 1.82) is 0 Å². The highest BCUT2D eigenvalue weighted by atomic mass is 16.5. The average Bonchev–Trinajstić information content (AvgIpc) is 3.21. The summed E-state index contributed by atoms with van der Waals surface area (Å²) in [6, 6.07) is 60.9. The summed E-state index contributed by atoms with van der Waals surface area (Å²) in [5.74, 6) is 3.52. The molecule has 0 N–H and O–H groups in total. The fourth-order valence-electron chi connectivity index (χ4n) is 9.08. The van der Waals surface area contributed by atoms with Crippen LogP contribution < -0.4 is 30.8 Å². The Labute approximate surface area is 309 Å². The Morgan fingerprint density at radius 1 is 0.472 bits per heavy atom. The molecule has 0 saturated heterocycles. The third-order valence-corrected chi connectivity index (χ3v) is 11.6. The molecule has 0 unspecified atom stereocenters. The summed E-state index contributed by atoms with van der Waals surface area (Å²) in [7, 11) is 0. The van der Waals surface area contributed by atoms with Gasteiger partial charge in [0.15, 0.2) is 0 Å². The Balaban J connectivity index is 1.11. The molecule has 53 heavy (non-hydrogen) atoms. The predicted molar refractivity (Wildman–Crippen MR) is 219 cm³/mol. The second-order valence-electron chi connectivity index (χ2n) is 14.9. The number of nitrogens with zero attached hydrogens (tertiary/aromatic N) is 1. The van der Waals surface area contributed by atoms with Crippen LogP contribution in [0.15, 0.2) is 170 Å². The lowest BCUT2D eigenvalue weighted by Crippen LogP contribution is -2.57. The monoisotopic (exact) mass is 679 g/mol. The zero-order chi connectivity index (χ0) is 35.3. The number of para-hydroxylation sites is 2. The minimum absolute atomic E-state index is 0.00973. The first kappa shape index (κ1) is 30.1. The molecule has 0 saturated carbocycles. The number of rotatable bonds is 4. The minimum atomic E-state index is -0.273. The van der Waals surface area contributed by atoms with Crippen molar-refractivity contribution in [2.75, 3.05) is 4.90 Å². The third-order valence-electron chi connectivity index (χ3n) is 11.6. The SMILES string of the molecule is CC1(C)c2cc3c(cc2-c2ccc(N(c4ccccc4)c4ccccc4)c4cccc1c24)Oc1cccc2c1B3c1ccc(-c3ccccc3)cc1O2. The van der Waals surface area contributed by atoms with Crippen LogP contribution in [0.4, 0.5) is 17.1 Å². The second kappa shape index (κ2) is 11.2. The van der Waals surface area contributed by atoms with Crippen molar-refractivity contribution >= 4 is 50.9 Å². The largest absolute Gasteiger partial charge is 0.458 e. The highest BCUT2D eigenvalue weighted by Crippen LogP contribution is 2.52. The van der Waals surface area contributed by atoms with Crippen LogP contribution in [0.2, 0.25) is 0 Å². The van der Waals surface area contributed by atoms with Gasteiger partial charge in [-0.15, -0.1) is 0 Å². The quantitative estimate of drug-likeness (QED) is 0.173. The number of hydrogen-bond donors (Lipinski definition) is 0. The molecule has 0 atom stereocenters. The molecule has 0 radical (unpaired) electrons. The summed E-state index contributed by atoms with van der Waals surface area (Å²) in [6.45, 7) is 4.74. The van der Waals surface area contributed by atoms with Crippen molar-refractivity contribution in [3.05, 3.63) is 181 Å². The maximum Gasteiger partial charge on any atom is 0.260 e. The Morgan fingerprint density at radius 3 is 1.81 bits per heavy atom. The molecule has 8 aromatic rings. The van der Waals surface area contributed by atoms with Crippen LogP contribution >= 0.6 is 0 Å². The number of fused-ring (bicyclic) bond motifs is 6. The average molecular weight is 680 g/mol. The molecular formula is C49H34BNO2. The van der Waals surface area contributed by atoms with Crippen LogP contribution in [0.1, 0.15) is 25.0 Å². The van der Waals surface area contributed by atoms with E-state index >= 15 is 0 Å². The smallest absolute Gasteiger partial charge is 0.260 e. The molecule has 8 aromatic carbocycles. The fraction of sp³-hybridized carbons (Fsp3) is 0.0612. The molecule has 2 heterocycles. The first-order valence-electron chi connectivity index (χ1n) is 18.4. The molecule has 0 fully saturated rings. The summed E-state index contributed by atoms with van der Waals surface area (Å²) < 4.78 is 13.5. The highest BCUT2D eigenvalue weighted by Gasteiger charge is 2.43. The van der Waals surface area contributed by atoms with E-state index in [-0.39, 0.29) is 12.1 Å². The van der Waals surface area contributed by atoms with E-state index in [9.17, 15) is 0 Å². The molecule has 1 aliphatic carbocycles.